The van der Waals surface area contributed by atoms with Crippen LogP contribution in [0.25, 0.3) is 0 Å². The summed E-state index contributed by atoms with van der Waals surface area (Å²) in [5, 5.41) is 0.637. The zero-order chi connectivity index (χ0) is 26.8. The molecule has 1 aliphatic heterocycles. The first-order valence-electron chi connectivity index (χ1n) is 13.1. The van der Waals surface area contributed by atoms with Crippen LogP contribution in [0.3, 0.4) is 0 Å². The minimum atomic E-state index is -0.598. The molecular formula is C29H38ClN3O5. The summed E-state index contributed by atoms with van der Waals surface area (Å²) in [6.07, 6.45) is 5.68. The van der Waals surface area contributed by atoms with E-state index in [0.717, 1.165) is 55.4 Å². The van der Waals surface area contributed by atoms with Crippen molar-refractivity contribution in [2.75, 3.05) is 53.7 Å². The van der Waals surface area contributed by atoms with Crippen LogP contribution in [0.4, 0.5) is 0 Å². The standard InChI is InChI=1S/C29H38ClN3O5/c1-4-28-31-11-13-33(28)12-6-15-37-26-10-9-23(17-27(26)34-2)19-32-14-16-36-21-29(20-32,35-3)22-38-25-8-5-7-24(30)18-25/h5,7-11,13,17-18H,4,6,12,14-16,19-22H2,1-3H3/t29-/m1/s1. The third kappa shape index (κ3) is 7.63. The van der Waals surface area contributed by atoms with Gasteiger partial charge in [0.05, 0.1) is 26.9 Å². The van der Waals surface area contributed by atoms with E-state index >= 15 is 0 Å². The summed E-state index contributed by atoms with van der Waals surface area (Å²) in [4.78, 5) is 6.70. The molecule has 0 spiro atoms. The molecule has 0 bridgehead atoms. The van der Waals surface area contributed by atoms with Crippen molar-refractivity contribution in [3.05, 3.63) is 71.3 Å². The molecule has 8 nitrogen and oxygen atoms in total. The lowest BCUT2D eigenvalue weighted by Crippen LogP contribution is -2.50. The van der Waals surface area contributed by atoms with E-state index in [9.17, 15) is 0 Å². The van der Waals surface area contributed by atoms with Crippen LogP contribution in [0.1, 0.15) is 24.7 Å². The highest BCUT2D eigenvalue weighted by Crippen LogP contribution is 2.30. The summed E-state index contributed by atoms with van der Waals surface area (Å²) in [6, 6.07) is 13.5. The minimum absolute atomic E-state index is 0.356. The van der Waals surface area contributed by atoms with E-state index in [1.807, 2.05) is 42.7 Å². The molecule has 1 saturated heterocycles. The van der Waals surface area contributed by atoms with E-state index in [4.69, 9.17) is 35.3 Å². The summed E-state index contributed by atoms with van der Waals surface area (Å²) in [6.45, 7) is 7.21. The number of methoxy groups -OCH3 is 2. The second-order valence-electron chi connectivity index (χ2n) is 9.47. The Kier molecular flexibility index (Phi) is 10.3. The molecule has 0 N–H and O–H groups in total. The van der Waals surface area contributed by atoms with Gasteiger partial charge in [0.25, 0.3) is 0 Å². The highest BCUT2D eigenvalue weighted by Gasteiger charge is 2.36. The van der Waals surface area contributed by atoms with Gasteiger partial charge in [-0.3, -0.25) is 4.90 Å². The second kappa shape index (κ2) is 13.8. The Bertz CT molecular complexity index is 1160. The van der Waals surface area contributed by atoms with Crippen LogP contribution in [-0.4, -0.2) is 73.8 Å². The highest BCUT2D eigenvalue weighted by molar-refractivity contribution is 6.30. The molecule has 0 radical (unpaired) electrons. The highest BCUT2D eigenvalue weighted by atomic mass is 35.5. The van der Waals surface area contributed by atoms with Crippen LogP contribution < -0.4 is 14.2 Å². The maximum Gasteiger partial charge on any atom is 0.161 e. The number of nitrogens with zero attached hydrogens (tertiary/aromatic N) is 3. The molecule has 9 heteroatoms. The van der Waals surface area contributed by atoms with Crippen molar-refractivity contribution in [1.82, 2.24) is 14.5 Å². The van der Waals surface area contributed by atoms with Crippen LogP contribution in [0.2, 0.25) is 5.02 Å². The van der Waals surface area contributed by atoms with Gasteiger partial charge < -0.3 is 28.3 Å². The van der Waals surface area contributed by atoms with E-state index in [0.29, 0.717) is 43.7 Å². The van der Waals surface area contributed by atoms with E-state index in [2.05, 4.69) is 27.4 Å². The van der Waals surface area contributed by atoms with Crippen molar-refractivity contribution in [1.29, 1.82) is 0 Å². The lowest BCUT2D eigenvalue weighted by Gasteiger charge is -2.34. The number of hydrogen-bond acceptors (Lipinski definition) is 7. The molecule has 38 heavy (non-hydrogen) atoms. The van der Waals surface area contributed by atoms with Gasteiger partial charge in [-0.2, -0.15) is 0 Å². The van der Waals surface area contributed by atoms with Crippen molar-refractivity contribution >= 4 is 11.6 Å². The van der Waals surface area contributed by atoms with Gasteiger partial charge in [0, 0.05) is 57.1 Å². The molecule has 206 valence electrons. The summed E-state index contributed by atoms with van der Waals surface area (Å²) in [5.74, 6) is 3.28. The van der Waals surface area contributed by atoms with Gasteiger partial charge >= 0.3 is 0 Å². The minimum Gasteiger partial charge on any atom is -0.493 e. The van der Waals surface area contributed by atoms with E-state index in [-0.39, 0.29) is 0 Å². The molecule has 4 rings (SSSR count). The smallest absolute Gasteiger partial charge is 0.161 e. The molecule has 0 amide bonds. The summed E-state index contributed by atoms with van der Waals surface area (Å²) >= 11 is 6.11. The normalized spacial score (nSPS) is 18.2. The van der Waals surface area contributed by atoms with Gasteiger partial charge in [0.1, 0.15) is 23.8 Å². The van der Waals surface area contributed by atoms with E-state index in [1.54, 1.807) is 20.3 Å². The number of aryl methyl sites for hydroxylation is 2. The Morgan fingerprint density at radius 1 is 1.11 bits per heavy atom. The van der Waals surface area contributed by atoms with Gasteiger partial charge in [-0.05, 0) is 42.3 Å². The predicted molar refractivity (Wildman–Crippen MR) is 147 cm³/mol. The van der Waals surface area contributed by atoms with Crippen LogP contribution in [0.5, 0.6) is 17.2 Å². The van der Waals surface area contributed by atoms with Crippen molar-refractivity contribution in [3.8, 4) is 17.2 Å². The van der Waals surface area contributed by atoms with Crippen LogP contribution in [0, 0.1) is 0 Å². The molecule has 0 aliphatic carbocycles. The van der Waals surface area contributed by atoms with Gasteiger partial charge in [-0.1, -0.05) is 30.7 Å². The summed E-state index contributed by atoms with van der Waals surface area (Å²) < 4.78 is 31.8. The first-order chi connectivity index (χ1) is 18.5. The quantitative estimate of drug-likeness (QED) is 0.285. The zero-order valence-electron chi connectivity index (χ0n) is 22.5. The van der Waals surface area contributed by atoms with Crippen molar-refractivity contribution in [2.24, 2.45) is 0 Å². The molecule has 2 aromatic carbocycles. The van der Waals surface area contributed by atoms with Gasteiger partial charge in [-0.15, -0.1) is 0 Å². The fourth-order valence-electron chi connectivity index (χ4n) is 4.62. The molecule has 1 aromatic heterocycles. The zero-order valence-corrected chi connectivity index (χ0v) is 23.3. The van der Waals surface area contributed by atoms with E-state index in [1.165, 1.54) is 0 Å². The third-order valence-electron chi connectivity index (χ3n) is 6.71. The first kappa shape index (κ1) is 28.2. The number of halogens is 1. The third-order valence-corrected chi connectivity index (χ3v) is 6.95. The number of aromatic nitrogens is 2. The van der Waals surface area contributed by atoms with E-state index < -0.39 is 5.60 Å². The Morgan fingerprint density at radius 2 is 2.00 bits per heavy atom. The number of rotatable bonds is 13. The average molecular weight is 544 g/mol. The predicted octanol–water partition coefficient (Wildman–Crippen LogP) is 4.87. The van der Waals surface area contributed by atoms with Crippen molar-refractivity contribution in [2.45, 2.75) is 38.5 Å². The Morgan fingerprint density at radius 3 is 2.79 bits per heavy atom. The number of ether oxygens (including phenoxy) is 5. The largest absolute Gasteiger partial charge is 0.493 e. The number of imidazole rings is 1. The average Bonchev–Trinajstić information content (AvgIpc) is 3.30. The Hall–Kier alpha value is -2.78. The monoisotopic (exact) mass is 543 g/mol. The lowest BCUT2D eigenvalue weighted by molar-refractivity contribution is -0.0925. The Balaban J connectivity index is 1.34. The first-order valence-corrected chi connectivity index (χ1v) is 13.5. The summed E-state index contributed by atoms with van der Waals surface area (Å²) in [7, 11) is 3.38. The van der Waals surface area contributed by atoms with Crippen molar-refractivity contribution in [3.63, 3.8) is 0 Å². The van der Waals surface area contributed by atoms with Gasteiger partial charge in [0.2, 0.25) is 0 Å². The topological polar surface area (TPSA) is 67.2 Å². The second-order valence-corrected chi connectivity index (χ2v) is 9.91. The SMILES string of the molecule is CCc1nccn1CCCOc1ccc(CN2CCOC[C@](COc3cccc(Cl)c3)(OC)C2)cc1OC. The fourth-order valence-corrected chi connectivity index (χ4v) is 4.80. The fraction of sp³-hybridized carbons (Fsp3) is 0.483. The van der Waals surface area contributed by atoms with Gasteiger partial charge in [-0.25, -0.2) is 4.98 Å². The molecule has 3 aromatic rings. The van der Waals surface area contributed by atoms with Crippen molar-refractivity contribution < 1.29 is 23.7 Å². The maximum atomic E-state index is 6.11. The maximum absolute atomic E-state index is 6.11. The number of benzene rings is 2. The molecule has 1 fully saturated rings. The van der Waals surface area contributed by atoms with Gasteiger partial charge in [0.15, 0.2) is 11.5 Å². The van der Waals surface area contributed by atoms with Crippen LogP contribution in [0.15, 0.2) is 54.9 Å². The van der Waals surface area contributed by atoms with Crippen LogP contribution in [-0.2, 0) is 29.0 Å². The molecule has 0 unspecified atom stereocenters. The molecule has 1 aliphatic rings. The molecule has 1 atom stereocenters. The summed E-state index contributed by atoms with van der Waals surface area (Å²) in [5.41, 5.74) is 0.529. The lowest BCUT2D eigenvalue weighted by atomic mass is 10.1. The molecule has 2 heterocycles. The number of hydrogen-bond donors (Lipinski definition) is 0. The van der Waals surface area contributed by atoms with Crippen LogP contribution >= 0.6 is 11.6 Å². The Labute approximate surface area is 230 Å². The molecular weight excluding hydrogens is 506 g/mol. The molecule has 0 saturated carbocycles.